The summed E-state index contributed by atoms with van der Waals surface area (Å²) in [6.45, 7) is 0. The number of carbonyl (C=O) groups excluding carboxylic acids is 1. The molecule has 0 aromatic carbocycles. The van der Waals surface area contributed by atoms with Crippen LogP contribution >= 0.6 is 0 Å². The molecule has 86 valence electrons. The number of nitrogens with zero attached hydrogens (tertiary/aromatic N) is 2. The molecule has 0 spiro atoms. The molecule has 0 saturated carbocycles. The molecule has 0 atom stereocenters. The fourth-order valence-electron chi connectivity index (χ4n) is 1.24. The molecule has 0 bridgehead atoms. The van der Waals surface area contributed by atoms with Gasteiger partial charge in [0.1, 0.15) is 5.75 Å². The molecular weight excluding hydrogens is 220 g/mol. The van der Waals surface area contributed by atoms with E-state index in [1.807, 2.05) is 0 Å². The van der Waals surface area contributed by atoms with E-state index in [1.165, 1.54) is 18.5 Å². The molecule has 0 fully saturated rings. The Morgan fingerprint density at radius 2 is 2.18 bits per heavy atom. The third-order valence-corrected chi connectivity index (χ3v) is 2.03. The molecule has 6 nitrogen and oxygen atoms in total. The lowest BCUT2D eigenvalue weighted by molar-refractivity contribution is 0.100. The summed E-state index contributed by atoms with van der Waals surface area (Å²) in [5, 5.41) is 0. The second kappa shape index (κ2) is 4.48. The van der Waals surface area contributed by atoms with Crippen LogP contribution in [0.4, 0.5) is 5.69 Å². The fraction of sp³-hybridized carbons (Fsp3) is 0. The van der Waals surface area contributed by atoms with E-state index >= 15 is 0 Å². The number of nitrogens with two attached hydrogens (primary N) is 2. The van der Waals surface area contributed by atoms with Gasteiger partial charge in [0.05, 0.1) is 23.6 Å². The Morgan fingerprint density at radius 3 is 2.82 bits per heavy atom. The van der Waals surface area contributed by atoms with Crippen molar-refractivity contribution in [3.63, 3.8) is 0 Å². The van der Waals surface area contributed by atoms with E-state index in [0.29, 0.717) is 5.75 Å². The van der Waals surface area contributed by atoms with Crippen LogP contribution in [0.1, 0.15) is 10.4 Å². The Balaban J connectivity index is 2.29. The molecule has 0 aliphatic carbocycles. The van der Waals surface area contributed by atoms with Gasteiger partial charge >= 0.3 is 0 Å². The quantitative estimate of drug-likeness (QED) is 0.816. The topological polar surface area (TPSA) is 104 Å². The van der Waals surface area contributed by atoms with Gasteiger partial charge in [-0.3, -0.25) is 9.78 Å². The van der Waals surface area contributed by atoms with E-state index in [2.05, 4.69) is 9.97 Å². The summed E-state index contributed by atoms with van der Waals surface area (Å²) in [5.41, 5.74) is 11.1. The number of anilines is 1. The van der Waals surface area contributed by atoms with Crippen molar-refractivity contribution in [2.75, 3.05) is 5.73 Å². The van der Waals surface area contributed by atoms with Crippen LogP contribution in [0.3, 0.4) is 0 Å². The average Bonchev–Trinajstić information content (AvgIpc) is 2.32. The molecule has 0 aliphatic heterocycles. The lowest BCUT2D eigenvalue weighted by Crippen LogP contribution is -2.13. The summed E-state index contributed by atoms with van der Waals surface area (Å²) >= 11 is 0. The van der Waals surface area contributed by atoms with Gasteiger partial charge in [0, 0.05) is 12.3 Å². The molecule has 1 amide bonds. The molecular formula is C11H10N4O2. The highest BCUT2D eigenvalue weighted by atomic mass is 16.5. The van der Waals surface area contributed by atoms with Gasteiger partial charge in [-0.15, -0.1) is 0 Å². The van der Waals surface area contributed by atoms with Gasteiger partial charge in [-0.2, -0.15) is 0 Å². The van der Waals surface area contributed by atoms with Crippen molar-refractivity contribution in [3.8, 4) is 11.6 Å². The van der Waals surface area contributed by atoms with Crippen molar-refractivity contribution in [1.82, 2.24) is 9.97 Å². The molecule has 2 aromatic heterocycles. The normalized spacial score (nSPS) is 9.88. The SMILES string of the molecule is NC(=O)c1cc(Oc2cccnc2)ncc1N. The van der Waals surface area contributed by atoms with Crippen molar-refractivity contribution < 1.29 is 9.53 Å². The predicted octanol–water partition coefficient (Wildman–Crippen LogP) is 0.950. The van der Waals surface area contributed by atoms with Crippen molar-refractivity contribution in [2.45, 2.75) is 0 Å². The zero-order valence-electron chi connectivity index (χ0n) is 8.83. The summed E-state index contributed by atoms with van der Waals surface area (Å²) in [5.74, 6) is 0.127. The lowest BCUT2D eigenvalue weighted by Gasteiger charge is -2.06. The summed E-state index contributed by atoms with van der Waals surface area (Å²) in [4.78, 5) is 18.9. The van der Waals surface area contributed by atoms with Gasteiger partial charge in [-0.25, -0.2) is 4.98 Å². The van der Waals surface area contributed by atoms with E-state index in [1.54, 1.807) is 18.3 Å². The zero-order chi connectivity index (χ0) is 12.3. The van der Waals surface area contributed by atoms with Gasteiger partial charge in [0.15, 0.2) is 0 Å². The number of nitrogen functional groups attached to an aromatic ring is 1. The number of carbonyl (C=O) groups is 1. The van der Waals surface area contributed by atoms with Crippen LogP contribution in [0.5, 0.6) is 11.6 Å². The van der Waals surface area contributed by atoms with Crippen LogP contribution in [-0.2, 0) is 0 Å². The van der Waals surface area contributed by atoms with Crippen LogP contribution in [0, 0.1) is 0 Å². The van der Waals surface area contributed by atoms with Gasteiger partial charge in [-0.05, 0) is 12.1 Å². The lowest BCUT2D eigenvalue weighted by atomic mass is 10.2. The number of pyridine rings is 2. The molecule has 0 radical (unpaired) electrons. The molecule has 2 aromatic rings. The summed E-state index contributed by atoms with van der Waals surface area (Å²) in [6.07, 6.45) is 4.48. The molecule has 6 heteroatoms. The molecule has 0 saturated heterocycles. The van der Waals surface area contributed by atoms with Crippen LogP contribution in [0.15, 0.2) is 36.8 Å². The maximum Gasteiger partial charge on any atom is 0.251 e. The number of hydrogen-bond acceptors (Lipinski definition) is 5. The van der Waals surface area contributed by atoms with Gasteiger partial charge in [0.2, 0.25) is 5.88 Å². The fourth-order valence-corrected chi connectivity index (χ4v) is 1.24. The van der Waals surface area contributed by atoms with Crippen molar-refractivity contribution in [1.29, 1.82) is 0 Å². The molecule has 4 N–H and O–H groups in total. The molecule has 17 heavy (non-hydrogen) atoms. The Labute approximate surface area is 97.2 Å². The van der Waals surface area contributed by atoms with Crippen molar-refractivity contribution in [3.05, 3.63) is 42.4 Å². The Morgan fingerprint density at radius 1 is 1.35 bits per heavy atom. The molecule has 0 unspecified atom stereocenters. The number of amides is 1. The van der Waals surface area contributed by atoms with E-state index < -0.39 is 5.91 Å². The molecule has 2 heterocycles. The Kier molecular flexibility index (Phi) is 2.87. The largest absolute Gasteiger partial charge is 0.437 e. The first-order valence-electron chi connectivity index (χ1n) is 4.80. The molecule has 0 aliphatic rings. The van der Waals surface area contributed by atoms with Crippen LogP contribution in [0.25, 0.3) is 0 Å². The Bertz CT molecular complexity index is 542. The third-order valence-electron chi connectivity index (χ3n) is 2.03. The second-order valence-electron chi connectivity index (χ2n) is 3.26. The van der Waals surface area contributed by atoms with Crippen molar-refractivity contribution >= 4 is 11.6 Å². The van der Waals surface area contributed by atoms with Crippen LogP contribution in [0.2, 0.25) is 0 Å². The smallest absolute Gasteiger partial charge is 0.251 e. The number of primary amides is 1. The first kappa shape index (κ1) is 10.9. The number of aromatic nitrogens is 2. The standard InChI is InChI=1S/C11H10N4O2/c12-9-6-15-10(4-8(9)11(13)16)17-7-2-1-3-14-5-7/h1-6H,12H2,(H2,13,16). The highest BCUT2D eigenvalue weighted by Crippen LogP contribution is 2.21. The molecule has 2 rings (SSSR count). The first-order valence-corrected chi connectivity index (χ1v) is 4.80. The van der Waals surface area contributed by atoms with Crippen LogP contribution < -0.4 is 16.2 Å². The minimum Gasteiger partial charge on any atom is -0.437 e. The number of ether oxygens (including phenoxy) is 1. The van der Waals surface area contributed by atoms with Gasteiger partial charge in [0.25, 0.3) is 5.91 Å². The highest BCUT2D eigenvalue weighted by Gasteiger charge is 2.09. The minimum absolute atomic E-state index is 0.180. The number of hydrogen-bond donors (Lipinski definition) is 2. The maximum absolute atomic E-state index is 11.1. The van der Waals surface area contributed by atoms with E-state index in [-0.39, 0.29) is 17.1 Å². The van der Waals surface area contributed by atoms with E-state index in [4.69, 9.17) is 16.2 Å². The monoisotopic (exact) mass is 230 g/mol. The second-order valence-corrected chi connectivity index (χ2v) is 3.26. The Hall–Kier alpha value is -2.63. The van der Waals surface area contributed by atoms with E-state index in [0.717, 1.165) is 0 Å². The summed E-state index contributed by atoms with van der Waals surface area (Å²) in [7, 11) is 0. The summed E-state index contributed by atoms with van der Waals surface area (Å²) in [6, 6.07) is 4.83. The van der Waals surface area contributed by atoms with E-state index in [9.17, 15) is 4.79 Å². The number of rotatable bonds is 3. The van der Waals surface area contributed by atoms with Crippen LogP contribution in [-0.4, -0.2) is 15.9 Å². The third kappa shape index (κ3) is 2.49. The van der Waals surface area contributed by atoms with Gasteiger partial charge < -0.3 is 16.2 Å². The summed E-state index contributed by atoms with van der Waals surface area (Å²) < 4.78 is 5.39. The minimum atomic E-state index is -0.624. The van der Waals surface area contributed by atoms with Crippen molar-refractivity contribution in [2.24, 2.45) is 5.73 Å². The highest BCUT2D eigenvalue weighted by molar-refractivity contribution is 5.98. The predicted molar refractivity (Wildman–Crippen MR) is 61.5 cm³/mol. The first-order chi connectivity index (χ1) is 8.16. The zero-order valence-corrected chi connectivity index (χ0v) is 8.83. The average molecular weight is 230 g/mol. The maximum atomic E-state index is 11.1. The van der Waals surface area contributed by atoms with Gasteiger partial charge in [-0.1, -0.05) is 0 Å².